The molecule has 1 aromatic carbocycles. The molecule has 0 aliphatic rings. The molecule has 0 saturated carbocycles. The molecule has 23 heavy (non-hydrogen) atoms. The van der Waals surface area contributed by atoms with Crippen molar-refractivity contribution in [3.05, 3.63) is 35.0 Å². The smallest absolute Gasteiger partial charge is 0.0726 e. The number of aromatic nitrogens is 1. The highest BCUT2D eigenvalue weighted by Gasteiger charge is 2.04. The fourth-order valence-corrected chi connectivity index (χ4v) is 3.13. The summed E-state index contributed by atoms with van der Waals surface area (Å²) in [5.41, 5.74) is 3.20. The van der Waals surface area contributed by atoms with Crippen molar-refractivity contribution in [1.29, 1.82) is 0 Å². The topological polar surface area (TPSA) is 24.9 Å². The number of fused-ring (bicyclic) bond motifs is 1. The van der Waals surface area contributed by atoms with Gasteiger partial charge in [0.2, 0.25) is 0 Å². The van der Waals surface area contributed by atoms with E-state index in [-0.39, 0.29) is 0 Å². The molecule has 1 heterocycles. The summed E-state index contributed by atoms with van der Waals surface area (Å²) >= 11 is 6.13. The first kappa shape index (κ1) is 18.1. The Balaban J connectivity index is 1.77. The third kappa shape index (κ3) is 6.02. The van der Waals surface area contributed by atoms with E-state index in [4.69, 9.17) is 11.6 Å². The van der Waals surface area contributed by atoms with Crippen LogP contribution >= 0.6 is 11.6 Å². The monoisotopic (exact) mass is 332 g/mol. The van der Waals surface area contributed by atoms with Gasteiger partial charge in [0.05, 0.1) is 5.52 Å². The van der Waals surface area contributed by atoms with Gasteiger partial charge in [0.1, 0.15) is 0 Å². The lowest BCUT2D eigenvalue weighted by Gasteiger charge is -2.11. The van der Waals surface area contributed by atoms with E-state index in [1.165, 1.54) is 51.4 Å². The van der Waals surface area contributed by atoms with Gasteiger partial charge in [-0.15, -0.1) is 0 Å². The number of nitrogens with zero attached hydrogens (tertiary/aromatic N) is 1. The molecule has 0 aliphatic heterocycles. The number of aryl methyl sites for hydroxylation is 1. The molecule has 0 spiro atoms. The Morgan fingerprint density at radius 2 is 1.65 bits per heavy atom. The van der Waals surface area contributed by atoms with Gasteiger partial charge < -0.3 is 5.32 Å². The van der Waals surface area contributed by atoms with E-state index in [9.17, 15) is 0 Å². The van der Waals surface area contributed by atoms with Crippen LogP contribution in [-0.2, 0) is 0 Å². The zero-order valence-corrected chi connectivity index (χ0v) is 15.3. The molecule has 0 saturated heterocycles. The fourth-order valence-electron chi connectivity index (χ4n) is 2.96. The first-order chi connectivity index (χ1) is 11.2. The molecule has 0 bridgehead atoms. The quantitative estimate of drug-likeness (QED) is 0.487. The lowest BCUT2D eigenvalue weighted by molar-refractivity contribution is 0.581. The number of hydrogen-bond donors (Lipinski definition) is 1. The van der Waals surface area contributed by atoms with Crippen LogP contribution in [0.2, 0.25) is 5.02 Å². The van der Waals surface area contributed by atoms with Crippen LogP contribution in [0, 0.1) is 6.92 Å². The summed E-state index contributed by atoms with van der Waals surface area (Å²) in [5.74, 6) is 0. The van der Waals surface area contributed by atoms with Crippen LogP contribution in [0.4, 0.5) is 5.69 Å². The minimum Gasteiger partial charge on any atom is -0.384 e. The van der Waals surface area contributed by atoms with E-state index in [1.54, 1.807) is 0 Å². The summed E-state index contributed by atoms with van der Waals surface area (Å²) in [6.07, 6.45) is 10.8. The molecule has 2 rings (SSSR count). The number of benzene rings is 1. The fraction of sp³-hybridized carbons (Fsp3) is 0.550. The van der Waals surface area contributed by atoms with Crippen LogP contribution in [-0.4, -0.2) is 11.5 Å². The van der Waals surface area contributed by atoms with Gasteiger partial charge in [0.15, 0.2) is 0 Å². The molecule has 2 aromatic rings. The van der Waals surface area contributed by atoms with Crippen LogP contribution in [0.25, 0.3) is 10.9 Å². The average molecular weight is 333 g/mol. The van der Waals surface area contributed by atoms with Gasteiger partial charge in [-0.05, 0) is 37.6 Å². The summed E-state index contributed by atoms with van der Waals surface area (Å²) in [7, 11) is 0. The maximum absolute atomic E-state index is 6.13. The van der Waals surface area contributed by atoms with Gasteiger partial charge >= 0.3 is 0 Å². The Morgan fingerprint density at radius 3 is 2.39 bits per heavy atom. The van der Waals surface area contributed by atoms with Crippen molar-refractivity contribution < 1.29 is 0 Å². The van der Waals surface area contributed by atoms with Crippen LogP contribution < -0.4 is 5.32 Å². The van der Waals surface area contributed by atoms with E-state index in [1.807, 2.05) is 25.1 Å². The van der Waals surface area contributed by atoms with Gasteiger partial charge in [-0.1, -0.05) is 63.5 Å². The van der Waals surface area contributed by atoms with E-state index in [0.717, 1.165) is 33.9 Å². The lowest BCUT2D eigenvalue weighted by Crippen LogP contribution is -2.03. The molecule has 0 atom stereocenters. The number of unbranched alkanes of at least 4 members (excludes halogenated alkanes) is 7. The number of pyridine rings is 1. The number of halogens is 1. The molecule has 2 nitrogen and oxygen atoms in total. The Hall–Kier alpha value is -1.28. The second-order valence-electron chi connectivity index (χ2n) is 6.37. The Kier molecular flexibility index (Phi) is 7.67. The number of rotatable bonds is 10. The second-order valence-corrected chi connectivity index (χ2v) is 6.81. The molecule has 126 valence electrons. The molecule has 0 fully saturated rings. The Labute approximate surface area is 145 Å². The summed E-state index contributed by atoms with van der Waals surface area (Å²) in [4.78, 5) is 4.57. The SMILES string of the molecule is CCCCCCCCCCNc1cc(C)nc2ccc(Cl)cc12. The highest BCUT2D eigenvalue weighted by molar-refractivity contribution is 6.31. The first-order valence-electron chi connectivity index (χ1n) is 9.01. The number of nitrogens with one attached hydrogen (secondary N) is 1. The van der Waals surface area contributed by atoms with E-state index in [0.29, 0.717) is 0 Å². The number of hydrogen-bond acceptors (Lipinski definition) is 2. The maximum Gasteiger partial charge on any atom is 0.0726 e. The summed E-state index contributed by atoms with van der Waals surface area (Å²) in [6, 6.07) is 8.01. The highest BCUT2D eigenvalue weighted by atomic mass is 35.5. The molecule has 3 heteroatoms. The molecular formula is C20H29ClN2. The van der Waals surface area contributed by atoms with Gasteiger partial charge in [-0.3, -0.25) is 4.98 Å². The standard InChI is InChI=1S/C20H29ClN2/c1-3-4-5-6-7-8-9-10-13-22-20-14-16(2)23-19-12-11-17(21)15-18(19)20/h11-12,14-15H,3-10,13H2,1-2H3,(H,22,23). The third-order valence-corrected chi connectivity index (χ3v) is 4.48. The van der Waals surface area contributed by atoms with Gasteiger partial charge in [-0.25, -0.2) is 0 Å². The van der Waals surface area contributed by atoms with Crippen molar-refractivity contribution in [2.75, 3.05) is 11.9 Å². The normalized spacial score (nSPS) is 11.1. The number of anilines is 1. The molecule has 0 radical (unpaired) electrons. The Bertz CT molecular complexity index is 610. The van der Waals surface area contributed by atoms with Crippen LogP contribution in [0.3, 0.4) is 0 Å². The second kappa shape index (κ2) is 9.77. The minimum atomic E-state index is 0.762. The van der Waals surface area contributed by atoms with Crippen molar-refractivity contribution in [1.82, 2.24) is 4.98 Å². The summed E-state index contributed by atoms with van der Waals surface area (Å²) < 4.78 is 0. The average Bonchev–Trinajstić information content (AvgIpc) is 2.53. The van der Waals surface area contributed by atoms with Crippen LogP contribution in [0.1, 0.15) is 64.0 Å². The predicted octanol–water partition coefficient (Wildman–Crippen LogP) is 6.75. The lowest BCUT2D eigenvalue weighted by atomic mass is 10.1. The third-order valence-electron chi connectivity index (χ3n) is 4.24. The van der Waals surface area contributed by atoms with Crippen LogP contribution in [0.5, 0.6) is 0 Å². The molecule has 0 amide bonds. The summed E-state index contributed by atoms with van der Waals surface area (Å²) in [6.45, 7) is 5.32. The van der Waals surface area contributed by atoms with Crippen molar-refractivity contribution in [3.63, 3.8) is 0 Å². The maximum atomic E-state index is 6.13. The van der Waals surface area contributed by atoms with Crippen LogP contribution in [0.15, 0.2) is 24.3 Å². The summed E-state index contributed by atoms with van der Waals surface area (Å²) in [5, 5.41) is 5.44. The first-order valence-corrected chi connectivity index (χ1v) is 9.39. The van der Waals surface area contributed by atoms with E-state index in [2.05, 4.69) is 23.3 Å². The van der Waals surface area contributed by atoms with Crippen molar-refractivity contribution in [2.24, 2.45) is 0 Å². The highest BCUT2D eigenvalue weighted by Crippen LogP contribution is 2.26. The van der Waals surface area contributed by atoms with E-state index >= 15 is 0 Å². The predicted molar refractivity (Wildman–Crippen MR) is 103 cm³/mol. The molecular weight excluding hydrogens is 304 g/mol. The van der Waals surface area contributed by atoms with Crippen molar-refractivity contribution >= 4 is 28.2 Å². The molecule has 1 N–H and O–H groups in total. The van der Waals surface area contributed by atoms with Crippen molar-refractivity contribution in [3.8, 4) is 0 Å². The minimum absolute atomic E-state index is 0.762. The van der Waals surface area contributed by atoms with E-state index < -0.39 is 0 Å². The molecule has 0 unspecified atom stereocenters. The van der Waals surface area contributed by atoms with Crippen molar-refractivity contribution in [2.45, 2.75) is 65.2 Å². The molecule has 1 aromatic heterocycles. The van der Waals surface area contributed by atoms with Gasteiger partial charge in [0, 0.05) is 28.3 Å². The largest absolute Gasteiger partial charge is 0.384 e. The van der Waals surface area contributed by atoms with Gasteiger partial charge in [-0.2, -0.15) is 0 Å². The zero-order chi connectivity index (χ0) is 16.5. The molecule has 0 aliphatic carbocycles. The zero-order valence-electron chi connectivity index (χ0n) is 14.5. The Morgan fingerprint density at radius 1 is 0.957 bits per heavy atom. The van der Waals surface area contributed by atoms with Gasteiger partial charge in [0.25, 0.3) is 0 Å².